The standard InChI is InChI=1S/C14H23N3O/c1-12-6-5-7-13(10-12)11-17(2)9-4-3-8-14(18)16-15/h5-7,10H,3-4,8-9,11,15H2,1-2H3,(H,16,18). The van der Waals surface area contributed by atoms with Crippen molar-refractivity contribution in [2.24, 2.45) is 5.84 Å². The highest BCUT2D eigenvalue weighted by molar-refractivity contribution is 5.75. The average Bonchev–Trinajstić information content (AvgIpc) is 2.34. The van der Waals surface area contributed by atoms with Gasteiger partial charge < -0.3 is 4.90 Å². The minimum absolute atomic E-state index is 0.0867. The number of hydrogen-bond acceptors (Lipinski definition) is 3. The Bertz CT molecular complexity index is 379. The van der Waals surface area contributed by atoms with Gasteiger partial charge in [-0.1, -0.05) is 29.8 Å². The van der Waals surface area contributed by atoms with Crippen molar-refractivity contribution in [1.29, 1.82) is 0 Å². The summed E-state index contributed by atoms with van der Waals surface area (Å²) in [5, 5.41) is 0. The second-order valence-corrected chi connectivity index (χ2v) is 4.75. The van der Waals surface area contributed by atoms with E-state index in [1.807, 2.05) is 0 Å². The summed E-state index contributed by atoms with van der Waals surface area (Å²) in [7, 11) is 2.10. The Kier molecular flexibility index (Phi) is 6.39. The first-order valence-electron chi connectivity index (χ1n) is 6.35. The molecule has 1 aromatic carbocycles. The number of unbranched alkanes of at least 4 members (excludes halogenated alkanes) is 1. The number of amides is 1. The maximum atomic E-state index is 10.9. The lowest BCUT2D eigenvalue weighted by Crippen LogP contribution is -2.29. The lowest BCUT2D eigenvalue weighted by atomic mass is 10.1. The third-order valence-electron chi connectivity index (χ3n) is 2.89. The number of nitrogens with two attached hydrogens (primary N) is 1. The van der Waals surface area contributed by atoms with Crippen molar-refractivity contribution in [3.8, 4) is 0 Å². The van der Waals surface area contributed by atoms with Gasteiger partial charge in [0, 0.05) is 13.0 Å². The second-order valence-electron chi connectivity index (χ2n) is 4.75. The Balaban J connectivity index is 2.21. The van der Waals surface area contributed by atoms with Gasteiger partial charge in [-0.25, -0.2) is 5.84 Å². The third-order valence-corrected chi connectivity index (χ3v) is 2.89. The van der Waals surface area contributed by atoms with Crippen LogP contribution in [0.3, 0.4) is 0 Å². The molecule has 0 atom stereocenters. The highest BCUT2D eigenvalue weighted by Gasteiger charge is 2.02. The van der Waals surface area contributed by atoms with Crippen LogP contribution in [-0.4, -0.2) is 24.4 Å². The van der Waals surface area contributed by atoms with Crippen LogP contribution in [0.2, 0.25) is 0 Å². The van der Waals surface area contributed by atoms with Gasteiger partial charge in [-0.05, 0) is 38.9 Å². The van der Waals surface area contributed by atoms with E-state index in [4.69, 9.17) is 5.84 Å². The predicted molar refractivity (Wildman–Crippen MR) is 73.7 cm³/mol. The van der Waals surface area contributed by atoms with Crippen LogP contribution in [0, 0.1) is 6.92 Å². The summed E-state index contributed by atoms with van der Waals surface area (Å²) < 4.78 is 0. The Morgan fingerprint density at radius 1 is 1.39 bits per heavy atom. The van der Waals surface area contributed by atoms with Crippen molar-refractivity contribution >= 4 is 5.91 Å². The minimum Gasteiger partial charge on any atom is -0.302 e. The molecule has 0 aromatic heterocycles. The molecule has 0 aliphatic heterocycles. The quantitative estimate of drug-likeness (QED) is 0.334. The zero-order valence-electron chi connectivity index (χ0n) is 11.3. The lowest BCUT2D eigenvalue weighted by Gasteiger charge is -2.16. The average molecular weight is 249 g/mol. The zero-order valence-corrected chi connectivity index (χ0v) is 11.3. The van der Waals surface area contributed by atoms with Crippen molar-refractivity contribution in [3.05, 3.63) is 35.4 Å². The second kappa shape index (κ2) is 7.84. The largest absolute Gasteiger partial charge is 0.302 e. The molecule has 0 bridgehead atoms. The molecule has 0 unspecified atom stereocenters. The molecule has 18 heavy (non-hydrogen) atoms. The molecular weight excluding hydrogens is 226 g/mol. The third kappa shape index (κ3) is 5.80. The van der Waals surface area contributed by atoms with Gasteiger partial charge in [0.2, 0.25) is 5.91 Å². The van der Waals surface area contributed by atoms with E-state index < -0.39 is 0 Å². The molecule has 1 amide bonds. The fraction of sp³-hybridized carbons (Fsp3) is 0.500. The van der Waals surface area contributed by atoms with Gasteiger partial charge in [0.25, 0.3) is 0 Å². The summed E-state index contributed by atoms with van der Waals surface area (Å²) >= 11 is 0. The Morgan fingerprint density at radius 2 is 2.17 bits per heavy atom. The number of hydrazine groups is 1. The van der Waals surface area contributed by atoms with Gasteiger partial charge in [-0.3, -0.25) is 10.2 Å². The number of aryl methyl sites for hydroxylation is 1. The molecule has 0 fully saturated rings. The van der Waals surface area contributed by atoms with Gasteiger partial charge in [0.05, 0.1) is 0 Å². The van der Waals surface area contributed by atoms with Crippen LogP contribution in [0.25, 0.3) is 0 Å². The Hall–Kier alpha value is -1.39. The van der Waals surface area contributed by atoms with Gasteiger partial charge in [-0.15, -0.1) is 0 Å². The number of nitrogens with zero attached hydrogens (tertiary/aromatic N) is 1. The predicted octanol–water partition coefficient (Wildman–Crippen LogP) is 1.59. The van der Waals surface area contributed by atoms with E-state index >= 15 is 0 Å². The van der Waals surface area contributed by atoms with Crippen molar-refractivity contribution < 1.29 is 4.79 Å². The van der Waals surface area contributed by atoms with Crippen molar-refractivity contribution in [3.63, 3.8) is 0 Å². The van der Waals surface area contributed by atoms with Crippen molar-refractivity contribution in [1.82, 2.24) is 10.3 Å². The van der Waals surface area contributed by atoms with Crippen LogP contribution in [0.4, 0.5) is 0 Å². The molecule has 3 N–H and O–H groups in total. The molecule has 0 spiro atoms. The first-order valence-corrected chi connectivity index (χ1v) is 6.35. The summed E-state index contributed by atoms with van der Waals surface area (Å²) in [4.78, 5) is 13.2. The van der Waals surface area contributed by atoms with Crippen LogP contribution in [0.5, 0.6) is 0 Å². The molecule has 0 saturated heterocycles. The van der Waals surface area contributed by atoms with Gasteiger partial charge in [0.15, 0.2) is 0 Å². The summed E-state index contributed by atoms with van der Waals surface area (Å²) in [6.45, 7) is 4.05. The molecule has 1 rings (SSSR count). The van der Waals surface area contributed by atoms with Crippen molar-refractivity contribution in [2.45, 2.75) is 32.7 Å². The van der Waals surface area contributed by atoms with Gasteiger partial charge in [0.1, 0.15) is 0 Å². The molecule has 0 saturated carbocycles. The van der Waals surface area contributed by atoms with Crippen LogP contribution in [0.1, 0.15) is 30.4 Å². The van der Waals surface area contributed by atoms with E-state index in [-0.39, 0.29) is 5.91 Å². The minimum atomic E-state index is -0.0867. The number of carbonyl (C=O) groups is 1. The van der Waals surface area contributed by atoms with E-state index in [9.17, 15) is 4.79 Å². The maximum Gasteiger partial charge on any atom is 0.233 e. The van der Waals surface area contributed by atoms with E-state index in [2.05, 4.69) is 48.6 Å². The smallest absolute Gasteiger partial charge is 0.233 e. The van der Waals surface area contributed by atoms with E-state index in [0.717, 1.165) is 25.9 Å². The molecule has 4 nitrogen and oxygen atoms in total. The summed E-state index contributed by atoms with van der Waals surface area (Å²) in [5.74, 6) is 4.93. The maximum absolute atomic E-state index is 10.9. The number of hydrogen-bond donors (Lipinski definition) is 2. The first kappa shape index (κ1) is 14.7. The van der Waals surface area contributed by atoms with Crippen LogP contribution >= 0.6 is 0 Å². The molecular formula is C14H23N3O. The van der Waals surface area contributed by atoms with Crippen LogP contribution < -0.4 is 11.3 Å². The molecule has 0 aliphatic carbocycles. The molecule has 0 heterocycles. The van der Waals surface area contributed by atoms with E-state index in [1.165, 1.54) is 11.1 Å². The highest BCUT2D eigenvalue weighted by Crippen LogP contribution is 2.07. The van der Waals surface area contributed by atoms with Crippen molar-refractivity contribution in [2.75, 3.05) is 13.6 Å². The van der Waals surface area contributed by atoms with E-state index in [1.54, 1.807) is 0 Å². The summed E-state index contributed by atoms with van der Waals surface area (Å²) in [6, 6.07) is 8.54. The monoisotopic (exact) mass is 249 g/mol. The molecule has 1 aromatic rings. The number of nitrogens with one attached hydrogen (secondary N) is 1. The highest BCUT2D eigenvalue weighted by atomic mass is 16.2. The number of benzene rings is 1. The van der Waals surface area contributed by atoms with E-state index in [0.29, 0.717) is 6.42 Å². The normalized spacial score (nSPS) is 10.7. The lowest BCUT2D eigenvalue weighted by molar-refractivity contribution is -0.121. The van der Waals surface area contributed by atoms with Gasteiger partial charge in [-0.2, -0.15) is 0 Å². The molecule has 0 aliphatic rings. The molecule has 0 radical (unpaired) electrons. The summed E-state index contributed by atoms with van der Waals surface area (Å²) in [6.07, 6.45) is 2.39. The molecule has 100 valence electrons. The van der Waals surface area contributed by atoms with Crippen LogP contribution in [0.15, 0.2) is 24.3 Å². The summed E-state index contributed by atoms with van der Waals surface area (Å²) in [5.41, 5.74) is 4.77. The Labute approximate surface area is 109 Å². The fourth-order valence-corrected chi connectivity index (χ4v) is 1.94. The molecule has 4 heteroatoms. The topological polar surface area (TPSA) is 58.4 Å². The zero-order chi connectivity index (χ0) is 13.4. The van der Waals surface area contributed by atoms with Crippen LogP contribution in [-0.2, 0) is 11.3 Å². The Morgan fingerprint density at radius 3 is 2.83 bits per heavy atom. The first-order chi connectivity index (χ1) is 8.61. The SMILES string of the molecule is Cc1cccc(CN(C)CCCCC(=O)NN)c1. The van der Waals surface area contributed by atoms with Gasteiger partial charge >= 0.3 is 0 Å². The number of rotatable bonds is 7. The number of carbonyl (C=O) groups excluding carboxylic acids is 1. The fourth-order valence-electron chi connectivity index (χ4n) is 1.94.